The molecule has 0 aromatic carbocycles. The van der Waals surface area contributed by atoms with E-state index in [4.69, 9.17) is 0 Å². The standard InChI is InChI=1S/C19H31N3O4/c1-20-17(25)19-7-6-18(14(19)12-21(2)13-19)8-10-22(11-9-18)15(23)4-5-16(24)26-3/h14H,4-13H2,1-3H3,(H,20,25)/t14-,19+/m0/s1. The molecule has 26 heavy (non-hydrogen) atoms. The second kappa shape index (κ2) is 7.18. The van der Waals surface area contributed by atoms with Gasteiger partial charge in [0.05, 0.1) is 18.9 Å². The molecule has 0 aromatic rings. The molecule has 3 fully saturated rings. The number of rotatable bonds is 4. The zero-order chi connectivity index (χ0) is 18.9. The number of esters is 1. The van der Waals surface area contributed by atoms with Crippen molar-refractivity contribution in [3.05, 3.63) is 0 Å². The van der Waals surface area contributed by atoms with Crippen molar-refractivity contribution in [3.8, 4) is 0 Å². The summed E-state index contributed by atoms with van der Waals surface area (Å²) in [7, 11) is 5.18. The van der Waals surface area contributed by atoms with E-state index < -0.39 is 0 Å². The Hall–Kier alpha value is -1.63. The molecular formula is C19H31N3O4. The average molecular weight is 365 g/mol. The van der Waals surface area contributed by atoms with Gasteiger partial charge >= 0.3 is 5.97 Å². The number of fused-ring (bicyclic) bond motifs is 2. The van der Waals surface area contributed by atoms with Crippen LogP contribution in [0.4, 0.5) is 0 Å². The van der Waals surface area contributed by atoms with E-state index in [1.807, 2.05) is 4.90 Å². The lowest BCUT2D eigenvalue weighted by Crippen LogP contribution is -2.49. The summed E-state index contributed by atoms with van der Waals surface area (Å²) in [4.78, 5) is 40.5. The molecule has 2 atom stereocenters. The van der Waals surface area contributed by atoms with Crippen LogP contribution in [0.1, 0.15) is 38.5 Å². The minimum Gasteiger partial charge on any atom is -0.469 e. The first-order valence-electron chi connectivity index (χ1n) is 9.62. The summed E-state index contributed by atoms with van der Waals surface area (Å²) in [6, 6.07) is 0. The largest absolute Gasteiger partial charge is 0.469 e. The topological polar surface area (TPSA) is 79.0 Å². The van der Waals surface area contributed by atoms with Crippen molar-refractivity contribution in [3.63, 3.8) is 0 Å². The quantitative estimate of drug-likeness (QED) is 0.740. The van der Waals surface area contributed by atoms with Crippen LogP contribution >= 0.6 is 0 Å². The van der Waals surface area contributed by atoms with Gasteiger partial charge in [-0.05, 0) is 44.1 Å². The predicted molar refractivity (Wildman–Crippen MR) is 96.2 cm³/mol. The fourth-order valence-electron chi connectivity index (χ4n) is 5.68. The summed E-state index contributed by atoms with van der Waals surface area (Å²) in [6.07, 6.45) is 4.28. The molecule has 2 amide bonds. The van der Waals surface area contributed by atoms with Crippen LogP contribution in [0.25, 0.3) is 0 Å². The van der Waals surface area contributed by atoms with Gasteiger partial charge in [-0.2, -0.15) is 0 Å². The molecule has 1 aliphatic carbocycles. The number of carbonyl (C=O) groups is 3. The van der Waals surface area contributed by atoms with Crippen molar-refractivity contribution in [1.29, 1.82) is 0 Å². The first kappa shape index (κ1) is 19.1. The maximum absolute atomic E-state index is 12.7. The molecule has 0 radical (unpaired) electrons. The summed E-state index contributed by atoms with van der Waals surface area (Å²) in [6.45, 7) is 3.25. The Morgan fingerprint density at radius 1 is 1.12 bits per heavy atom. The Labute approximate surface area is 155 Å². The van der Waals surface area contributed by atoms with Gasteiger partial charge < -0.3 is 19.9 Å². The second-order valence-electron chi connectivity index (χ2n) is 8.30. The van der Waals surface area contributed by atoms with Crippen molar-refractivity contribution < 1.29 is 19.1 Å². The zero-order valence-corrected chi connectivity index (χ0v) is 16.2. The number of amides is 2. The van der Waals surface area contributed by atoms with Crippen molar-refractivity contribution in [2.75, 3.05) is 47.4 Å². The predicted octanol–water partition coefficient (Wildman–Crippen LogP) is 0.636. The molecule has 0 aromatic heterocycles. The van der Waals surface area contributed by atoms with Gasteiger partial charge in [0.1, 0.15) is 0 Å². The highest BCUT2D eigenvalue weighted by atomic mass is 16.5. The second-order valence-corrected chi connectivity index (χ2v) is 8.30. The van der Waals surface area contributed by atoms with Gasteiger partial charge in [-0.3, -0.25) is 14.4 Å². The van der Waals surface area contributed by atoms with E-state index in [1.165, 1.54) is 7.11 Å². The smallest absolute Gasteiger partial charge is 0.306 e. The van der Waals surface area contributed by atoms with Gasteiger partial charge in [-0.15, -0.1) is 0 Å². The summed E-state index contributed by atoms with van der Waals surface area (Å²) < 4.78 is 4.61. The van der Waals surface area contributed by atoms with Crippen LogP contribution in [-0.4, -0.2) is 75.0 Å². The summed E-state index contributed by atoms with van der Waals surface area (Å²) in [5.74, 6) is 0.240. The van der Waals surface area contributed by atoms with Gasteiger partial charge in [-0.25, -0.2) is 0 Å². The summed E-state index contributed by atoms with van der Waals surface area (Å²) in [5, 5.41) is 2.90. The Morgan fingerprint density at radius 3 is 2.42 bits per heavy atom. The lowest BCUT2D eigenvalue weighted by molar-refractivity contribution is -0.144. The van der Waals surface area contributed by atoms with E-state index in [9.17, 15) is 14.4 Å². The number of piperidine rings is 1. The van der Waals surface area contributed by atoms with E-state index in [-0.39, 0.29) is 41.5 Å². The normalized spacial score (nSPS) is 30.3. The molecule has 3 aliphatic rings. The highest BCUT2D eigenvalue weighted by Gasteiger charge is 2.63. The Bertz CT molecular complexity index is 585. The molecule has 146 valence electrons. The molecule has 0 bridgehead atoms. The summed E-state index contributed by atoms with van der Waals surface area (Å²) >= 11 is 0. The fourth-order valence-corrected chi connectivity index (χ4v) is 5.68. The number of carbonyl (C=O) groups excluding carboxylic acids is 3. The van der Waals surface area contributed by atoms with Crippen molar-refractivity contribution >= 4 is 17.8 Å². The van der Waals surface area contributed by atoms with E-state index in [0.717, 1.165) is 51.9 Å². The van der Waals surface area contributed by atoms with Crippen LogP contribution in [0.15, 0.2) is 0 Å². The Morgan fingerprint density at radius 2 is 1.81 bits per heavy atom. The van der Waals surface area contributed by atoms with Gasteiger partial charge in [0, 0.05) is 39.6 Å². The van der Waals surface area contributed by atoms with Gasteiger partial charge in [0.15, 0.2) is 0 Å². The maximum atomic E-state index is 12.7. The number of nitrogens with one attached hydrogen (secondary N) is 1. The van der Waals surface area contributed by atoms with E-state index in [0.29, 0.717) is 5.92 Å². The lowest BCUT2D eigenvalue weighted by atomic mass is 9.65. The maximum Gasteiger partial charge on any atom is 0.306 e. The van der Waals surface area contributed by atoms with Crippen LogP contribution in [0.2, 0.25) is 0 Å². The molecule has 1 spiro atoms. The fraction of sp³-hybridized carbons (Fsp3) is 0.842. The number of nitrogens with zero attached hydrogens (tertiary/aromatic N) is 2. The minimum absolute atomic E-state index is 0.0318. The van der Waals surface area contributed by atoms with Crippen LogP contribution in [0, 0.1) is 16.7 Å². The van der Waals surface area contributed by atoms with Crippen molar-refractivity contribution in [2.24, 2.45) is 16.7 Å². The van der Waals surface area contributed by atoms with E-state index >= 15 is 0 Å². The van der Waals surface area contributed by atoms with Gasteiger partial charge in [0.2, 0.25) is 11.8 Å². The summed E-state index contributed by atoms with van der Waals surface area (Å²) in [5.41, 5.74) is -0.100. The molecule has 2 heterocycles. The van der Waals surface area contributed by atoms with E-state index in [2.05, 4.69) is 22.0 Å². The van der Waals surface area contributed by atoms with Gasteiger partial charge in [0.25, 0.3) is 0 Å². The van der Waals surface area contributed by atoms with Crippen molar-refractivity contribution in [1.82, 2.24) is 15.1 Å². The molecule has 2 saturated heterocycles. The highest BCUT2D eigenvalue weighted by Crippen LogP contribution is 2.61. The molecular weight excluding hydrogens is 334 g/mol. The molecule has 1 saturated carbocycles. The van der Waals surface area contributed by atoms with Crippen molar-refractivity contribution in [2.45, 2.75) is 38.5 Å². The molecule has 1 N–H and O–H groups in total. The van der Waals surface area contributed by atoms with E-state index in [1.54, 1.807) is 7.05 Å². The first-order chi connectivity index (χ1) is 12.4. The lowest BCUT2D eigenvalue weighted by Gasteiger charge is -2.44. The number of likely N-dealkylation sites (tertiary alicyclic amines) is 2. The molecule has 0 unspecified atom stereocenters. The number of methoxy groups -OCH3 is 1. The average Bonchev–Trinajstić information content (AvgIpc) is 3.14. The third-order valence-electron chi connectivity index (χ3n) is 7.08. The Kier molecular flexibility index (Phi) is 5.28. The molecule has 3 rings (SSSR count). The molecule has 7 heteroatoms. The SMILES string of the molecule is CNC(=O)[C@@]12CCC3(CCN(C(=O)CCC(=O)OC)CC3)[C@@H]1CN(C)C2. The number of hydrogen-bond acceptors (Lipinski definition) is 5. The first-order valence-corrected chi connectivity index (χ1v) is 9.62. The zero-order valence-electron chi connectivity index (χ0n) is 16.2. The molecule has 7 nitrogen and oxygen atoms in total. The van der Waals surface area contributed by atoms with Crippen LogP contribution in [0.3, 0.4) is 0 Å². The van der Waals surface area contributed by atoms with Crippen LogP contribution in [0.5, 0.6) is 0 Å². The third kappa shape index (κ3) is 3.10. The van der Waals surface area contributed by atoms with Crippen LogP contribution in [-0.2, 0) is 19.1 Å². The molecule has 2 aliphatic heterocycles. The number of hydrogen-bond donors (Lipinski definition) is 1. The Balaban J connectivity index is 1.64. The monoisotopic (exact) mass is 365 g/mol. The number of ether oxygens (including phenoxy) is 1. The third-order valence-corrected chi connectivity index (χ3v) is 7.08. The minimum atomic E-state index is -0.341. The van der Waals surface area contributed by atoms with Gasteiger partial charge in [-0.1, -0.05) is 0 Å². The van der Waals surface area contributed by atoms with Crippen LogP contribution < -0.4 is 5.32 Å². The highest BCUT2D eigenvalue weighted by molar-refractivity contribution is 5.84.